The predicted molar refractivity (Wildman–Crippen MR) is 111 cm³/mol. The van der Waals surface area contributed by atoms with Crippen molar-refractivity contribution in [3.05, 3.63) is 46.8 Å². The van der Waals surface area contributed by atoms with E-state index in [0.717, 1.165) is 53.7 Å². The highest BCUT2D eigenvalue weighted by molar-refractivity contribution is 5.79. The topological polar surface area (TPSA) is 80.9 Å². The number of ether oxygens (including phenoxy) is 2. The van der Waals surface area contributed by atoms with E-state index >= 15 is 0 Å². The van der Waals surface area contributed by atoms with Gasteiger partial charge in [0.15, 0.2) is 11.7 Å². The quantitative estimate of drug-likeness (QED) is 0.349. The smallest absolute Gasteiger partial charge is 0.191 e. The zero-order chi connectivity index (χ0) is 20.2. The lowest BCUT2D eigenvalue weighted by Gasteiger charge is -2.13. The second-order valence-electron chi connectivity index (χ2n) is 6.49. The molecule has 0 radical (unpaired) electrons. The van der Waals surface area contributed by atoms with Crippen LogP contribution in [0.1, 0.15) is 42.8 Å². The largest absolute Gasteiger partial charge is 0.493 e. The maximum absolute atomic E-state index is 5.94. The molecule has 0 fully saturated rings. The number of nitrogens with one attached hydrogen (secondary N) is 2. The van der Waals surface area contributed by atoms with Crippen molar-refractivity contribution in [3.63, 3.8) is 0 Å². The number of aromatic nitrogens is 1. The van der Waals surface area contributed by atoms with Gasteiger partial charge in [-0.15, -0.1) is 0 Å². The van der Waals surface area contributed by atoms with Gasteiger partial charge in [-0.2, -0.15) is 0 Å². The van der Waals surface area contributed by atoms with Crippen LogP contribution in [0.5, 0.6) is 5.75 Å². The monoisotopic (exact) mass is 388 g/mol. The van der Waals surface area contributed by atoms with Gasteiger partial charge < -0.3 is 24.6 Å². The van der Waals surface area contributed by atoms with Gasteiger partial charge in [-0.3, -0.25) is 0 Å². The van der Waals surface area contributed by atoms with E-state index in [4.69, 9.17) is 14.0 Å². The van der Waals surface area contributed by atoms with Crippen LogP contribution < -0.4 is 15.4 Å². The summed E-state index contributed by atoms with van der Waals surface area (Å²) in [6, 6.07) is 8.16. The summed E-state index contributed by atoms with van der Waals surface area (Å²) in [5.41, 5.74) is 3.17. The van der Waals surface area contributed by atoms with Crippen molar-refractivity contribution >= 4 is 5.96 Å². The molecule has 0 unspecified atom stereocenters. The molecule has 0 aliphatic heterocycles. The lowest BCUT2D eigenvalue weighted by molar-refractivity contribution is 0.172. The highest BCUT2D eigenvalue weighted by atomic mass is 16.5. The van der Waals surface area contributed by atoms with Crippen molar-refractivity contribution < 1.29 is 14.0 Å². The van der Waals surface area contributed by atoms with Gasteiger partial charge in [-0.25, -0.2) is 4.99 Å². The van der Waals surface area contributed by atoms with Crippen LogP contribution in [0.2, 0.25) is 0 Å². The third kappa shape index (κ3) is 7.23. The maximum atomic E-state index is 5.94. The fourth-order valence-electron chi connectivity index (χ4n) is 2.59. The minimum absolute atomic E-state index is 0.520. The normalized spacial score (nSPS) is 11.5. The van der Waals surface area contributed by atoms with E-state index in [1.165, 1.54) is 0 Å². The number of nitrogens with zero attached hydrogens (tertiary/aromatic N) is 2. The number of methoxy groups -OCH3 is 1. The van der Waals surface area contributed by atoms with Crippen LogP contribution in [-0.2, 0) is 24.2 Å². The van der Waals surface area contributed by atoms with Gasteiger partial charge in [0, 0.05) is 38.3 Å². The average molecular weight is 389 g/mol. The van der Waals surface area contributed by atoms with E-state index in [9.17, 15) is 0 Å². The Bertz CT molecular complexity index is 743. The first-order chi connectivity index (χ1) is 13.7. The van der Waals surface area contributed by atoms with Gasteiger partial charge in [0.25, 0.3) is 0 Å². The molecule has 7 heteroatoms. The van der Waals surface area contributed by atoms with Gasteiger partial charge >= 0.3 is 0 Å². The second-order valence-corrected chi connectivity index (χ2v) is 6.49. The summed E-state index contributed by atoms with van der Waals surface area (Å²) < 4.78 is 16.3. The molecule has 0 atom stereocenters. The third-order valence-corrected chi connectivity index (χ3v) is 4.12. The molecule has 1 heterocycles. The molecule has 0 aliphatic carbocycles. The summed E-state index contributed by atoms with van der Waals surface area (Å²) >= 11 is 0. The fourth-order valence-corrected chi connectivity index (χ4v) is 2.59. The first-order valence-electron chi connectivity index (χ1n) is 9.84. The van der Waals surface area contributed by atoms with Crippen LogP contribution in [0.3, 0.4) is 0 Å². The van der Waals surface area contributed by atoms with Crippen molar-refractivity contribution in [1.29, 1.82) is 0 Å². The summed E-state index contributed by atoms with van der Waals surface area (Å²) in [6.45, 7) is 9.29. The molecule has 2 rings (SSSR count). The molecule has 28 heavy (non-hydrogen) atoms. The molecule has 2 N–H and O–H groups in total. The highest BCUT2D eigenvalue weighted by Crippen LogP contribution is 2.21. The number of aryl methyl sites for hydroxylation is 2. The Labute approximate surface area is 167 Å². The maximum Gasteiger partial charge on any atom is 0.191 e. The van der Waals surface area contributed by atoms with Gasteiger partial charge in [0.1, 0.15) is 5.75 Å². The molecule has 7 nitrogen and oxygen atoms in total. The second kappa shape index (κ2) is 12.0. The average Bonchev–Trinajstić information content (AvgIpc) is 3.16. The molecule has 0 bridgehead atoms. The molecular weight excluding hydrogens is 356 g/mol. The van der Waals surface area contributed by atoms with Crippen LogP contribution in [0.4, 0.5) is 0 Å². The summed E-state index contributed by atoms with van der Waals surface area (Å²) in [7, 11) is 1.70. The lowest BCUT2D eigenvalue weighted by Crippen LogP contribution is -2.36. The van der Waals surface area contributed by atoms with E-state index in [2.05, 4.69) is 52.8 Å². The van der Waals surface area contributed by atoms with Crippen molar-refractivity contribution in [2.75, 3.05) is 26.9 Å². The molecular formula is C21H32N4O3. The minimum atomic E-state index is 0.520. The zero-order valence-corrected chi connectivity index (χ0v) is 17.4. The Morgan fingerprint density at radius 1 is 1.18 bits per heavy atom. The van der Waals surface area contributed by atoms with E-state index in [0.29, 0.717) is 26.3 Å². The van der Waals surface area contributed by atoms with E-state index in [1.807, 2.05) is 13.0 Å². The van der Waals surface area contributed by atoms with Crippen molar-refractivity contribution in [1.82, 2.24) is 15.8 Å². The zero-order valence-electron chi connectivity index (χ0n) is 17.4. The lowest BCUT2D eigenvalue weighted by atomic mass is 10.1. The standard InChI is InChI=1S/C21H32N4O3/c1-5-18-13-19(28-25-18)15-24-21(22-6-2)23-14-17-9-8-16(3)12-20(17)27-11-7-10-26-4/h8-9,12-13H,5-7,10-11,14-15H2,1-4H3,(H2,22,23,24). The van der Waals surface area contributed by atoms with E-state index in [1.54, 1.807) is 7.11 Å². The number of guanidine groups is 1. The first kappa shape index (κ1) is 21.8. The Hall–Kier alpha value is -2.54. The molecule has 0 saturated carbocycles. The molecule has 0 spiro atoms. The van der Waals surface area contributed by atoms with Gasteiger partial charge in [-0.05, 0) is 31.9 Å². The SMILES string of the molecule is CCNC(=NCc1ccc(C)cc1OCCCOC)NCc1cc(CC)no1. The van der Waals surface area contributed by atoms with Crippen LogP contribution >= 0.6 is 0 Å². The molecule has 0 saturated heterocycles. The van der Waals surface area contributed by atoms with Crippen LogP contribution in [0.15, 0.2) is 33.8 Å². The molecule has 2 aromatic rings. The van der Waals surface area contributed by atoms with Crippen LogP contribution in [0, 0.1) is 6.92 Å². The summed E-state index contributed by atoms with van der Waals surface area (Å²) in [6.07, 6.45) is 1.71. The Balaban J connectivity index is 2.00. The molecule has 1 aromatic carbocycles. The van der Waals surface area contributed by atoms with Crippen molar-refractivity contribution in [2.24, 2.45) is 4.99 Å². The number of hydrogen-bond donors (Lipinski definition) is 2. The van der Waals surface area contributed by atoms with E-state index < -0.39 is 0 Å². The molecule has 0 amide bonds. The summed E-state index contributed by atoms with van der Waals surface area (Å²) in [5.74, 6) is 2.39. The number of benzene rings is 1. The van der Waals surface area contributed by atoms with Crippen LogP contribution in [-0.4, -0.2) is 38.0 Å². The van der Waals surface area contributed by atoms with Gasteiger partial charge in [-0.1, -0.05) is 24.2 Å². The molecule has 0 aliphatic rings. The predicted octanol–water partition coefficient (Wildman–Crippen LogP) is 3.22. The number of rotatable bonds is 11. The van der Waals surface area contributed by atoms with E-state index in [-0.39, 0.29) is 0 Å². The van der Waals surface area contributed by atoms with Crippen molar-refractivity contribution in [2.45, 2.75) is 46.7 Å². The minimum Gasteiger partial charge on any atom is -0.493 e. The molecule has 154 valence electrons. The first-order valence-corrected chi connectivity index (χ1v) is 9.84. The third-order valence-electron chi connectivity index (χ3n) is 4.12. The summed E-state index contributed by atoms with van der Waals surface area (Å²) in [5, 5.41) is 10.6. The van der Waals surface area contributed by atoms with Gasteiger partial charge in [0.05, 0.1) is 25.4 Å². The fraction of sp³-hybridized carbons (Fsp3) is 0.524. The Morgan fingerprint density at radius 3 is 2.75 bits per heavy atom. The van der Waals surface area contributed by atoms with Gasteiger partial charge in [0.2, 0.25) is 0 Å². The molecule has 1 aromatic heterocycles. The summed E-state index contributed by atoms with van der Waals surface area (Å²) in [4.78, 5) is 4.69. The Kier molecular flexibility index (Phi) is 9.34. The Morgan fingerprint density at radius 2 is 2.04 bits per heavy atom. The number of hydrogen-bond acceptors (Lipinski definition) is 5. The number of aliphatic imine (C=N–C) groups is 1. The highest BCUT2D eigenvalue weighted by Gasteiger charge is 2.07. The van der Waals surface area contributed by atoms with Crippen LogP contribution in [0.25, 0.3) is 0 Å². The van der Waals surface area contributed by atoms with Crippen molar-refractivity contribution in [3.8, 4) is 5.75 Å².